The van der Waals surface area contributed by atoms with Gasteiger partial charge in [-0.1, -0.05) is 0 Å². The van der Waals surface area contributed by atoms with Crippen LogP contribution in [0.2, 0.25) is 0 Å². The predicted octanol–water partition coefficient (Wildman–Crippen LogP) is 1.67. The largest absolute Gasteiger partial charge is 0.367 e. The lowest BCUT2D eigenvalue weighted by atomic mass is 10.1. The van der Waals surface area contributed by atoms with Crippen molar-refractivity contribution in [2.45, 2.75) is 25.8 Å². The van der Waals surface area contributed by atoms with E-state index in [0.29, 0.717) is 0 Å². The van der Waals surface area contributed by atoms with Gasteiger partial charge >= 0.3 is 0 Å². The maximum Gasteiger partial charge on any atom is 0.0605 e. The molecule has 0 bridgehead atoms. The Labute approximate surface area is 97.1 Å². The molecule has 1 unspecified atom stereocenters. The van der Waals surface area contributed by atoms with Crippen LogP contribution in [-0.4, -0.2) is 42.1 Å². The molecule has 2 saturated heterocycles. The molecule has 1 aromatic rings. The van der Waals surface area contributed by atoms with Crippen molar-refractivity contribution in [3.63, 3.8) is 0 Å². The third kappa shape index (κ3) is 1.69. The molecule has 86 valence electrons. The zero-order valence-corrected chi connectivity index (χ0v) is 9.89. The Kier molecular flexibility index (Phi) is 2.56. The molecule has 3 rings (SSSR count). The number of nitrogens with zero attached hydrogens (tertiary/aromatic N) is 3. The first-order chi connectivity index (χ1) is 7.84. The molecule has 3 heterocycles. The van der Waals surface area contributed by atoms with Crippen LogP contribution in [0.25, 0.3) is 0 Å². The minimum atomic E-state index is 0.786. The summed E-state index contributed by atoms with van der Waals surface area (Å²) in [5.74, 6) is 0. The molecule has 0 amide bonds. The number of fused-ring (bicyclic) bond motifs is 1. The Bertz CT molecular complexity index is 377. The minimum Gasteiger partial charge on any atom is -0.367 e. The van der Waals surface area contributed by atoms with E-state index >= 15 is 0 Å². The van der Waals surface area contributed by atoms with Crippen molar-refractivity contribution in [3.05, 3.63) is 24.0 Å². The second kappa shape index (κ2) is 4.06. The molecule has 16 heavy (non-hydrogen) atoms. The molecule has 3 heteroatoms. The van der Waals surface area contributed by atoms with Crippen LogP contribution in [0.15, 0.2) is 18.3 Å². The van der Waals surface area contributed by atoms with E-state index in [1.165, 1.54) is 38.2 Å². The maximum atomic E-state index is 4.38. The predicted molar refractivity (Wildman–Crippen MR) is 65.8 cm³/mol. The summed E-state index contributed by atoms with van der Waals surface area (Å²) in [6.07, 6.45) is 4.63. The normalized spacial score (nSPS) is 25.8. The van der Waals surface area contributed by atoms with Gasteiger partial charge < -0.3 is 4.90 Å². The van der Waals surface area contributed by atoms with Gasteiger partial charge in [0.2, 0.25) is 0 Å². The molecule has 2 fully saturated rings. The fraction of sp³-hybridized carbons (Fsp3) is 0.615. The van der Waals surface area contributed by atoms with Gasteiger partial charge in [-0.15, -0.1) is 0 Å². The summed E-state index contributed by atoms with van der Waals surface area (Å²) >= 11 is 0. The number of hydrogen-bond donors (Lipinski definition) is 0. The van der Waals surface area contributed by atoms with Crippen molar-refractivity contribution in [2.24, 2.45) is 0 Å². The first-order valence-corrected chi connectivity index (χ1v) is 6.25. The summed E-state index contributed by atoms with van der Waals surface area (Å²) < 4.78 is 0. The molecule has 0 spiro atoms. The van der Waals surface area contributed by atoms with Gasteiger partial charge in [-0.05, 0) is 38.4 Å². The van der Waals surface area contributed by atoms with Crippen molar-refractivity contribution in [3.8, 4) is 0 Å². The number of piperazine rings is 1. The van der Waals surface area contributed by atoms with Gasteiger partial charge in [-0.2, -0.15) is 0 Å². The summed E-state index contributed by atoms with van der Waals surface area (Å²) in [4.78, 5) is 9.53. The molecule has 2 aliphatic rings. The van der Waals surface area contributed by atoms with E-state index in [9.17, 15) is 0 Å². The highest BCUT2D eigenvalue weighted by molar-refractivity contribution is 5.50. The minimum absolute atomic E-state index is 0.786. The maximum absolute atomic E-state index is 4.38. The van der Waals surface area contributed by atoms with Crippen molar-refractivity contribution in [2.75, 3.05) is 31.1 Å². The van der Waals surface area contributed by atoms with E-state index < -0.39 is 0 Å². The molecule has 2 aliphatic heterocycles. The second-order valence-corrected chi connectivity index (χ2v) is 4.89. The van der Waals surface area contributed by atoms with Crippen LogP contribution < -0.4 is 4.90 Å². The summed E-state index contributed by atoms with van der Waals surface area (Å²) in [6.45, 7) is 6.98. The van der Waals surface area contributed by atoms with Crippen molar-refractivity contribution < 1.29 is 0 Å². The molecule has 3 nitrogen and oxygen atoms in total. The Balaban J connectivity index is 1.79. The zero-order chi connectivity index (χ0) is 11.0. The number of rotatable bonds is 1. The summed E-state index contributed by atoms with van der Waals surface area (Å²) in [5, 5.41) is 0. The van der Waals surface area contributed by atoms with Crippen LogP contribution in [0, 0.1) is 6.92 Å². The smallest absolute Gasteiger partial charge is 0.0605 e. The highest BCUT2D eigenvalue weighted by atomic mass is 15.3. The first-order valence-electron chi connectivity index (χ1n) is 6.25. The quantitative estimate of drug-likeness (QED) is 0.713. The van der Waals surface area contributed by atoms with E-state index in [1.807, 2.05) is 12.3 Å². The van der Waals surface area contributed by atoms with Gasteiger partial charge in [0.05, 0.1) is 11.4 Å². The van der Waals surface area contributed by atoms with Crippen LogP contribution in [0.1, 0.15) is 18.5 Å². The zero-order valence-electron chi connectivity index (χ0n) is 9.89. The van der Waals surface area contributed by atoms with Crippen LogP contribution in [-0.2, 0) is 0 Å². The standard InChI is InChI=1S/C13H19N3/c1-11-13(5-2-6-14-11)16-9-8-15-7-3-4-12(15)10-16/h2,5-6,12H,3-4,7-10H2,1H3. The van der Waals surface area contributed by atoms with Gasteiger partial charge in [0.1, 0.15) is 0 Å². The first kappa shape index (κ1) is 10.1. The van der Waals surface area contributed by atoms with Gasteiger partial charge in [-0.25, -0.2) is 0 Å². The second-order valence-electron chi connectivity index (χ2n) is 4.89. The number of aromatic nitrogens is 1. The lowest BCUT2D eigenvalue weighted by Crippen LogP contribution is -2.50. The monoisotopic (exact) mass is 217 g/mol. The lowest BCUT2D eigenvalue weighted by molar-refractivity contribution is 0.231. The average Bonchev–Trinajstić information content (AvgIpc) is 2.76. The third-order valence-electron chi connectivity index (χ3n) is 3.91. The molecule has 1 aromatic heterocycles. The van der Waals surface area contributed by atoms with Crippen LogP contribution in [0.3, 0.4) is 0 Å². The highest BCUT2D eigenvalue weighted by Crippen LogP contribution is 2.26. The third-order valence-corrected chi connectivity index (χ3v) is 3.91. The van der Waals surface area contributed by atoms with Crippen molar-refractivity contribution in [1.82, 2.24) is 9.88 Å². The fourth-order valence-corrected chi connectivity index (χ4v) is 3.02. The summed E-state index contributed by atoms with van der Waals surface area (Å²) in [5.41, 5.74) is 2.49. The van der Waals surface area contributed by atoms with Gasteiger partial charge in [0, 0.05) is 31.9 Å². The lowest BCUT2D eigenvalue weighted by Gasteiger charge is -2.39. The topological polar surface area (TPSA) is 19.4 Å². The number of pyridine rings is 1. The molecule has 1 atom stereocenters. The molecule has 0 radical (unpaired) electrons. The van der Waals surface area contributed by atoms with Crippen LogP contribution in [0.5, 0.6) is 0 Å². The molecule has 0 N–H and O–H groups in total. The van der Waals surface area contributed by atoms with Crippen molar-refractivity contribution in [1.29, 1.82) is 0 Å². The average molecular weight is 217 g/mol. The Morgan fingerprint density at radius 2 is 2.25 bits per heavy atom. The van der Waals surface area contributed by atoms with Gasteiger partial charge in [0.15, 0.2) is 0 Å². The summed E-state index contributed by atoms with van der Waals surface area (Å²) in [6, 6.07) is 5.03. The Morgan fingerprint density at radius 1 is 1.31 bits per heavy atom. The van der Waals surface area contributed by atoms with E-state index in [-0.39, 0.29) is 0 Å². The van der Waals surface area contributed by atoms with E-state index in [0.717, 1.165) is 18.3 Å². The van der Waals surface area contributed by atoms with Crippen LogP contribution in [0.4, 0.5) is 5.69 Å². The number of anilines is 1. The van der Waals surface area contributed by atoms with E-state index in [1.54, 1.807) is 0 Å². The van der Waals surface area contributed by atoms with E-state index in [4.69, 9.17) is 0 Å². The molecule has 0 aliphatic carbocycles. The fourth-order valence-electron chi connectivity index (χ4n) is 3.02. The van der Waals surface area contributed by atoms with Gasteiger partial charge in [-0.3, -0.25) is 9.88 Å². The van der Waals surface area contributed by atoms with Crippen molar-refractivity contribution >= 4 is 5.69 Å². The molecular formula is C13H19N3. The molecule has 0 saturated carbocycles. The molecular weight excluding hydrogens is 198 g/mol. The Morgan fingerprint density at radius 3 is 3.12 bits per heavy atom. The Hall–Kier alpha value is -1.09. The number of hydrogen-bond acceptors (Lipinski definition) is 3. The van der Waals surface area contributed by atoms with E-state index in [2.05, 4.69) is 27.8 Å². The molecule has 0 aromatic carbocycles. The summed E-state index contributed by atoms with van der Waals surface area (Å²) in [7, 11) is 0. The SMILES string of the molecule is Cc1ncccc1N1CCN2CCCC2C1. The van der Waals surface area contributed by atoms with Gasteiger partial charge in [0.25, 0.3) is 0 Å². The number of aryl methyl sites for hydroxylation is 1. The van der Waals surface area contributed by atoms with Crippen LogP contribution >= 0.6 is 0 Å². The highest BCUT2D eigenvalue weighted by Gasteiger charge is 2.30.